The van der Waals surface area contributed by atoms with Crippen molar-refractivity contribution in [3.63, 3.8) is 0 Å². The molecule has 98 valence electrons. The maximum atomic E-state index is 11.4. The van der Waals surface area contributed by atoms with Crippen molar-refractivity contribution < 1.29 is 4.79 Å². The number of aromatic nitrogens is 2. The van der Waals surface area contributed by atoms with Gasteiger partial charge in [0.15, 0.2) is 0 Å². The highest BCUT2D eigenvalue weighted by Gasteiger charge is 2.30. The molecule has 1 saturated heterocycles. The van der Waals surface area contributed by atoms with Crippen molar-refractivity contribution in [3.8, 4) is 0 Å². The lowest BCUT2D eigenvalue weighted by Gasteiger charge is -2.24. The summed E-state index contributed by atoms with van der Waals surface area (Å²) in [6.07, 6.45) is 1.71. The summed E-state index contributed by atoms with van der Waals surface area (Å²) in [7, 11) is 0. The van der Waals surface area contributed by atoms with Gasteiger partial charge in [0.2, 0.25) is 5.91 Å². The molecule has 0 saturated carbocycles. The van der Waals surface area contributed by atoms with Crippen LogP contribution in [0.2, 0.25) is 0 Å². The molecule has 0 aliphatic carbocycles. The van der Waals surface area contributed by atoms with E-state index in [0.29, 0.717) is 17.5 Å². The first kappa shape index (κ1) is 12.6. The van der Waals surface area contributed by atoms with Crippen molar-refractivity contribution in [2.75, 3.05) is 17.2 Å². The number of hydrogen-bond donors (Lipinski definition) is 2. The van der Waals surface area contributed by atoms with Gasteiger partial charge < -0.3 is 16.4 Å². The Bertz CT molecular complexity index is 460. The van der Waals surface area contributed by atoms with Crippen LogP contribution in [0.1, 0.15) is 38.4 Å². The van der Waals surface area contributed by atoms with Crippen LogP contribution in [-0.2, 0) is 4.79 Å². The Morgan fingerprint density at radius 1 is 1.50 bits per heavy atom. The molecule has 2 rings (SSSR count). The lowest BCUT2D eigenvalue weighted by Crippen LogP contribution is -2.40. The predicted molar refractivity (Wildman–Crippen MR) is 70.1 cm³/mol. The zero-order valence-electron chi connectivity index (χ0n) is 10.8. The smallest absolute Gasteiger partial charge is 0.240 e. The molecule has 1 aliphatic rings. The fourth-order valence-corrected chi connectivity index (χ4v) is 2.21. The van der Waals surface area contributed by atoms with Gasteiger partial charge in [0, 0.05) is 18.5 Å². The Balaban J connectivity index is 2.35. The molecule has 1 atom stereocenters. The normalized spacial score (nSPS) is 19.5. The van der Waals surface area contributed by atoms with Crippen LogP contribution < -0.4 is 16.4 Å². The summed E-state index contributed by atoms with van der Waals surface area (Å²) >= 11 is 0. The fourth-order valence-electron chi connectivity index (χ4n) is 2.21. The van der Waals surface area contributed by atoms with Crippen LogP contribution in [0.4, 0.5) is 11.6 Å². The summed E-state index contributed by atoms with van der Waals surface area (Å²) in [5.41, 5.74) is 11.2. The van der Waals surface area contributed by atoms with E-state index >= 15 is 0 Å². The second kappa shape index (κ2) is 4.80. The van der Waals surface area contributed by atoms with Gasteiger partial charge in [0.25, 0.3) is 0 Å². The number of anilines is 2. The lowest BCUT2D eigenvalue weighted by molar-refractivity contribution is -0.119. The van der Waals surface area contributed by atoms with E-state index in [0.717, 1.165) is 19.4 Å². The van der Waals surface area contributed by atoms with Gasteiger partial charge in [-0.3, -0.25) is 4.79 Å². The first-order valence-electron chi connectivity index (χ1n) is 6.19. The summed E-state index contributed by atoms with van der Waals surface area (Å²) in [6.45, 7) is 4.80. The third-order valence-electron chi connectivity index (χ3n) is 3.14. The molecule has 18 heavy (non-hydrogen) atoms. The minimum atomic E-state index is -0.309. The third kappa shape index (κ3) is 2.37. The molecule has 2 heterocycles. The van der Waals surface area contributed by atoms with Crippen molar-refractivity contribution in [2.24, 2.45) is 5.73 Å². The first-order chi connectivity index (χ1) is 8.49. The number of nitrogens with two attached hydrogens (primary N) is 2. The number of primary amides is 1. The highest BCUT2D eigenvalue weighted by molar-refractivity contribution is 5.84. The Hall–Kier alpha value is -1.85. The average molecular weight is 249 g/mol. The van der Waals surface area contributed by atoms with Crippen molar-refractivity contribution in [1.29, 1.82) is 0 Å². The molecule has 4 N–H and O–H groups in total. The van der Waals surface area contributed by atoms with E-state index in [1.807, 2.05) is 18.7 Å². The van der Waals surface area contributed by atoms with Crippen LogP contribution in [-0.4, -0.2) is 28.5 Å². The van der Waals surface area contributed by atoms with E-state index < -0.39 is 0 Å². The summed E-state index contributed by atoms with van der Waals surface area (Å²) in [4.78, 5) is 22.0. The maximum Gasteiger partial charge on any atom is 0.240 e. The molecular formula is C12H19N5O. The van der Waals surface area contributed by atoms with Crippen molar-refractivity contribution >= 4 is 17.5 Å². The van der Waals surface area contributed by atoms with E-state index in [1.54, 1.807) is 6.07 Å². The Kier molecular flexibility index (Phi) is 3.36. The van der Waals surface area contributed by atoms with E-state index in [9.17, 15) is 4.79 Å². The standard InChI is InChI=1S/C12H19N5O/c1-7(2)12-15-9(13)6-10(16-12)17-5-3-4-8(17)11(14)18/h6-8H,3-5H2,1-2H3,(H2,14,18)(H2,13,15,16). The van der Waals surface area contributed by atoms with Gasteiger partial charge in [-0.05, 0) is 12.8 Å². The predicted octanol–water partition coefficient (Wildman–Crippen LogP) is 0.636. The van der Waals surface area contributed by atoms with E-state index in [2.05, 4.69) is 9.97 Å². The lowest BCUT2D eigenvalue weighted by atomic mass is 10.2. The molecular weight excluding hydrogens is 230 g/mol. The molecule has 1 aromatic rings. The second-order valence-corrected chi connectivity index (χ2v) is 4.92. The summed E-state index contributed by atoms with van der Waals surface area (Å²) in [6, 6.07) is 1.42. The Morgan fingerprint density at radius 3 is 2.83 bits per heavy atom. The number of amides is 1. The molecule has 1 fully saturated rings. The molecule has 1 amide bonds. The number of hydrogen-bond acceptors (Lipinski definition) is 5. The number of nitrogens with zero attached hydrogens (tertiary/aromatic N) is 3. The molecule has 1 unspecified atom stereocenters. The number of rotatable bonds is 3. The van der Waals surface area contributed by atoms with Gasteiger partial charge in [0.1, 0.15) is 23.5 Å². The average Bonchev–Trinajstić information content (AvgIpc) is 2.76. The van der Waals surface area contributed by atoms with Gasteiger partial charge in [-0.15, -0.1) is 0 Å². The molecule has 1 aromatic heterocycles. The maximum absolute atomic E-state index is 11.4. The third-order valence-corrected chi connectivity index (χ3v) is 3.14. The van der Waals surface area contributed by atoms with Gasteiger partial charge >= 0.3 is 0 Å². The van der Waals surface area contributed by atoms with Crippen LogP contribution >= 0.6 is 0 Å². The van der Waals surface area contributed by atoms with Gasteiger partial charge in [-0.2, -0.15) is 0 Å². The van der Waals surface area contributed by atoms with Crippen LogP contribution in [0.3, 0.4) is 0 Å². The summed E-state index contributed by atoms with van der Waals surface area (Å²) in [5, 5.41) is 0. The van der Waals surface area contributed by atoms with Gasteiger partial charge in [-0.25, -0.2) is 9.97 Å². The van der Waals surface area contributed by atoms with Gasteiger partial charge in [0.05, 0.1) is 0 Å². The van der Waals surface area contributed by atoms with Crippen molar-refractivity contribution in [1.82, 2.24) is 9.97 Å². The van der Waals surface area contributed by atoms with Crippen LogP contribution in [0.5, 0.6) is 0 Å². The topological polar surface area (TPSA) is 98.1 Å². The quantitative estimate of drug-likeness (QED) is 0.819. The molecule has 1 aliphatic heterocycles. The summed E-state index contributed by atoms with van der Waals surface area (Å²) in [5.74, 6) is 1.71. The Labute approximate surface area is 106 Å². The van der Waals surface area contributed by atoms with Gasteiger partial charge in [-0.1, -0.05) is 13.8 Å². The fraction of sp³-hybridized carbons (Fsp3) is 0.583. The molecule has 0 aromatic carbocycles. The number of carbonyl (C=O) groups excluding carboxylic acids is 1. The first-order valence-corrected chi connectivity index (χ1v) is 6.19. The van der Waals surface area contributed by atoms with Crippen molar-refractivity contribution in [3.05, 3.63) is 11.9 Å². The molecule has 0 radical (unpaired) electrons. The largest absolute Gasteiger partial charge is 0.384 e. The zero-order chi connectivity index (χ0) is 13.3. The Morgan fingerprint density at radius 2 is 2.22 bits per heavy atom. The number of nitrogen functional groups attached to an aromatic ring is 1. The number of carbonyl (C=O) groups is 1. The highest BCUT2D eigenvalue weighted by Crippen LogP contribution is 2.26. The molecule has 6 nitrogen and oxygen atoms in total. The van der Waals surface area contributed by atoms with E-state index in [4.69, 9.17) is 11.5 Å². The minimum absolute atomic E-state index is 0.196. The SMILES string of the molecule is CC(C)c1nc(N)cc(N2CCCC2C(N)=O)n1. The molecule has 0 bridgehead atoms. The van der Waals surface area contributed by atoms with Crippen LogP contribution in [0, 0.1) is 0 Å². The van der Waals surface area contributed by atoms with Crippen LogP contribution in [0.25, 0.3) is 0 Å². The minimum Gasteiger partial charge on any atom is -0.384 e. The second-order valence-electron chi connectivity index (χ2n) is 4.92. The zero-order valence-corrected chi connectivity index (χ0v) is 10.8. The molecule has 6 heteroatoms. The van der Waals surface area contributed by atoms with Crippen LogP contribution in [0.15, 0.2) is 6.07 Å². The highest BCUT2D eigenvalue weighted by atomic mass is 16.1. The van der Waals surface area contributed by atoms with E-state index in [1.165, 1.54) is 0 Å². The molecule has 0 spiro atoms. The monoisotopic (exact) mass is 249 g/mol. The van der Waals surface area contributed by atoms with Crippen molar-refractivity contribution in [2.45, 2.75) is 38.6 Å². The summed E-state index contributed by atoms with van der Waals surface area (Å²) < 4.78 is 0. The van der Waals surface area contributed by atoms with E-state index in [-0.39, 0.29) is 17.9 Å².